The predicted octanol–water partition coefficient (Wildman–Crippen LogP) is 4.09. The van der Waals surface area contributed by atoms with Crippen molar-refractivity contribution in [2.24, 2.45) is 0 Å². The summed E-state index contributed by atoms with van der Waals surface area (Å²) >= 11 is 1.77. The van der Waals surface area contributed by atoms with Crippen molar-refractivity contribution >= 4 is 22.9 Å². The van der Waals surface area contributed by atoms with Gasteiger partial charge in [0.05, 0.1) is 32.1 Å². The first kappa shape index (κ1) is 18.3. The first-order valence-electron chi connectivity index (χ1n) is 9.81. The van der Waals surface area contributed by atoms with E-state index < -0.39 is 0 Å². The molecular formula is C22H22N2O4S. The summed E-state index contributed by atoms with van der Waals surface area (Å²) in [5.41, 5.74) is 1.95. The van der Waals surface area contributed by atoms with Crippen LogP contribution in [0.25, 0.3) is 0 Å². The van der Waals surface area contributed by atoms with Crippen LogP contribution in [0.4, 0.5) is 5.69 Å². The van der Waals surface area contributed by atoms with Gasteiger partial charge < -0.3 is 19.2 Å². The van der Waals surface area contributed by atoms with E-state index >= 15 is 0 Å². The van der Waals surface area contributed by atoms with Crippen LogP contribution in [0.2, 0.25) is 0 Å². The van der Waals surface area contributed by atoms with Gasteiger partial charge in [-0.3, -0.25) is 9.69 Å². The summed E-state index contributed by atoms with van der Waals surface area (Å²) in [6.07, 6.45) is 3.48. The number of ether oxygens (including phenoxy) is 2. The van der Waals surface area contributed by atoms with Crippen LogP contribution in [-0.4, -0.2) is 37.1 Å². The van der Waals surface area contributed by atoms with Crippen molar-refractivity contribution in [3.05, 3.63) is 64.2 Å². The number of rotatable bonds is 4. The van der Waals surface area contributed by atoms with Gasteiger partial charge in [-0.05, 0) is 47.7 Å². The molecule has 0 fully saturated rings. The van der Waals surface area contributed by atoms with Crippen LogP contribution >= 0.6 is 11.3 Å². The van der Waals surface area contributed by atoms with Gasteiger partial charge in [0.1, 0.15) is 5.76 Å². The number of benzene rings is 1. The largest absolute Gasteiger partial charge is 0.490 e. The molecule has 0 saturated carbocycles. The molecule has 1 aromatic carbocycles. The Hall–Kier alpha value is -2.77. The average molecular weight is 410 g/mol. The summed E-state index contributed by atoms with van der Waals surface area (Å²) in [5.74, 6) is 2.21. The molecule has 2 aliphatic heterocycles. The number of fused-ring (bicyclic) bond motifs is 2. The van der Waals surface area contributed by atoms with Gasteiger partial charge in [0, 0.05) is 29.6 Å². The summed E-state index contributed by atoms with van der Waals surface area (Å²) < 4.78 is 17.1. The van der Waals surface area contributed by atoms with Crippen molar-refractivity contribution in [2.75, 3.05) is 31.6 Å². The third kappa shape index (κ3) is 3.75. The summed E-state index contributed by atoms with van der Waals surface area (Å²) in [6, 6.07) is 11.5. The smallest absolute Gasteiger partial charge is 0.238 e. The number of nitrogens with one attached hydrogen (secondary N) is 1. The van der Waals surface area contributed by atoms with Crippen LogP contribution in [0.3, 0.4) is 0 Å². The molecule has 0 spiro atoms. The normalized spacial score (nSPS) is 18.7. The lowest BCUT2D eigenvalue weighted by atomic mass is 9.98. The fourth-order valence-electron chi connectivity index (χ4n) is 3.94. The van der Waals surface area contributed by atoms with E-state index in [1.54, 1.807) is 17.6 Å². The SMILES string of the molecule is O=C(CN1CCc2sccc2C1c1ccco1)Nc1ccc2c(c1)OCCCO2. The minimum Gasteiger partial charge on any atom is -0.490 e. The third-order valence-corrected chi connectivity index (χ3v) is 6.25. The number of nitrogens with zero attached hydrogens (tertiary/aromatic N) is 1. The highest BCUT2D eigenvalue weighted by Gasteiger charge is 2.32. The number of anilines is 1. The van der Waals surface area contributed by atoms with Gasteiger partial charge in [0.25, 0.3) is 0 Å². The lowest BCUT2D eigenvalue weighted by Crippen LogP contribution is -2.40. The molecule has 0 aliphatic carbocycles. The van der Waals surface area contributed by atoms with Gasteiger partial charge >= 0.3 is 0 Å². The Bertz CT molecular complexity index is 998. The van der Waals surface area contributed by atoms with Crippen LogP contribution in [-0.2, 0) is 11.2 Å². The zero-order valence-corrected chi connectivity index (χ0v) is 16.7. The van der Waals surface area contributed by atoms with E-state index in [1.165, 1.54) is 10.4 Å². The fraction of sp³-hybridized carbons (Fsp3) is 0.318. The Labute approximate surface area is 173 Å². The zero-order valence-electron chi connectivity index (χ0n) is 15.9. The highest BCUT2D eigenvalue weighted by molar-refractivity contribution is 7.10. The van der Waals surface area contributed by atoms with Gasteiger partial charge in [-0.15, -0.1) is 11.3 Å². The Morgan fingerprint density at radius 1 is 1.17 bits per heavy atom. The molecule has 1 unspecified atom stereocenters. The molecule has 150 valence electrons. The molecule has 2 aromatic heterocycles. The average Bonchev–Trinajstić information content (AvgIpc) is 3.36. The molecule has 2 aliphatic rings. The van der Waals surface area contributed by atoms with Crippen molar-refractivity contribution in [3.63, 3.8) is 0 Å². The van der Waals surface area contributed by atoms with Gasteiger partial charge in [-0.2, -0.15) is 0 Å². The molecule has 5 rings (SSSR count). The second-order valence-corrected chi connectivity index (χ2v) is 8.20. The van der Waals surface area contributed by atoms with Gasteiger partial charge in [0.15, 0.2) is 11.5 Å². The molecule has 7 heteroatoms. The van der Waals surface area contributed by atoms with Crippen LogP contribution in [0, 0.1) is 0 Å². The Morgan fingerprint density at radius 2 is 2.07 bits per heavy atom. The minimum atomic E-state index is -0.0604. The van der Waals surface area contributed by atoms with Crippen molar-refractivity contribution < 1.29 is 18.7 Å². The number of hydrogen-bond donors (Lipinski definition) is 1. The molecule has 0 bridgehead atoms. The maximum Gasteiger partial charge on any atom is 0.238 e. The topological polar surface area (TPSA) is 63.9 Å². The number of amides is 1. The molecule has 0 saturated heterocycles. The van der Waals surface area contributed by atoms with E-state index in [4.69, 9.17) is 13.9 Å². The maximum absolute atomic E-state index is 12.8. The maximum atomic E-state index is 12.8. The monoisotopic (exact) mass is 410 g/mol. The fourth-order valence-corrected chi connectivity index (χ4v) is 4.85. The highest BCUT2D eigenvalue weighted by atomic mass is 32.1. The summed E-state index contributed by atoms with van der Waals surface area (Å²) in [5, 5.41) is 5.11. The van der Waals surface area contributed by atoms with E-state index in [9.17, 15) is 4.79 Å². The second-order valence-electron chi connectivity index (χ2n) is 7.20. The molecule has 0 radical (unpaired) electrons. The lowest BCUT2D eigenvalue weighted by Gasteiger charge is -2.34. The van der Waals surface area contributed by atoms with E-state index in [0.717, 1.165) is 30.9 Å². The van der Waals surface area contributed by atoms with Gasteiger partial charge in [0.2, 0.25) is 5.91 Å². The van der Waals surface area contributed by atoms with Crippen molar-refractivity contribution in [3.8, 4) is 11.5 Å². The molecule has 3 aromatic rings. The molecule has 29 heavy (non-hydrogen) atoms. The number of carbonyl (C=O) groups is 1. The van der Waals surface area contributed by atoms with Crippen molar-refractivity contribution in [1.29, 1.82) is 0 Å². The summed E-state index contributed by atoms with van der Waals surface area (Å²) in [6.45, 7) is 2.36. The van der Waals surface area contributed by atoms with Gasteiger partial charge in [-0.1, -0.05) is 0 Å². The van der Waals surface area contributed by atoms with Crippen LogP contribution in [0.1, 0.15) is 28.7 Å². The van der Waals surface area contributed by atoms with E-state index in [1.807, 2.05) is 30.3 Å². The van der Waals surface area contributed by atoms with Crippen molar-refractivity contribution in [1.82, 2.24) is 4.90 Å². The Morgan fingerprint density at radius 3 is 2.93 bits per heavy atom. The van der Waals surface area contributed by atoms with Crippen LogP contribution in [0.5, 0.6) is 11.5 Å². The lowest BCUT2D eigenvalue weighted by molar-refractivity contribution is -0.117. The molecule has 4 heterocycles. The highest BCUT2D eigenvalue weighted by Crippen LogP contribution is 2.38. The standard InChI is InChI=1S/C22H22N2O4S/c25-21(23-15-4-5-17-19(13-15)28-11-2-10-26-17)14-24-8-6-20-16(7-12-29-20)22(24)18-3-1-9-27-18/h1,3-5,7,9,12-13,22H,2,6,8,10-11,14H2,(H,23,25). The van der Waals surface area contributed by atoms with Crippen molar-refractivity contribution in [2.45, 2.75) is 18.9 Å². The predicted molar refractivity (Wildman–Crippen MR) is 111 cm³/mol. The number of carbonyl (C=O) groups excluding carboxylic acids is 1. The third-order valence-electron chi connectivity index (χ3n) is 5.26. The van der Waals surface area contributed by atoms with Crippen LogP contribution in [0.15, 0.2) is 52.5 Å². The molecule has 1 amide bonds. The second kappa shape index (κ2) is 7.93. The van der Waals surface area contributed by atoms with E-state index in [2.05, 4.69) is 21.7 Å². The Balaban J connectivity index is 1.32. The summed E-state index contributed by atoms with van der Waals surface area (Å²) in [7, 11) is 0. The Kier molecular flexibility index (Phi) is 4.99. The molecule has 6 nitrogen and oxygen atoms in total. The number of furan rings is 1. The number of hydrogen-bond acceptors (Lipinski definition) is 6. The first-order valence-corrected chi connectivity index (χ1v) is 10.7. The molecular weight excluding hydrogens is 388 g/mol. The quantitative estimate of drug-likeness (QED) is 0.702. The number of thiophene rings is 1. The van der Waals surface area contributed by atoms with Crippen LogP contribution < -0.4 is 14.8 Å². The molecule has 1 N–H and O–H groups in total. The van der Waals surface area contributed by atoms with E-state index in [-0.39, 0.29) is 18.5 Å². The first-order chi connectivity index (χ1) is 14.3. The van der Waals surface area contributed by atoms with E-state index in [0.29, 0.717) is 24.7 Å². The minimum absolute atomic E-state index is 0.0328. The van der Waals surface area contributed by atoms with Gasteiger partial charge in [-0.25, -0.2) is 0 Å². The summed E-state index contributed by atoms with van der Waals surface area (Å²) in [4.78, 5) is 16.4. The molecule has 1 atom stereocenters. The zero-order chi connectivity index (χ0) is 19.6.